The average molecular weight is 1570 g/mol. The first-order chi connectivity index (χ1) is 53.1. The van der Waals surface area contributed by atoms with Crippen molar-refractivity contribution >= 4 is 23.6 Å². The highest BCUT2D eigenvalue weighted by atomic mass is 16.8. The summed E-state index contributed by atoms with van der Waals surface area (Å²) in [7, 11) is 3.48. The Morgan fingerprint density at radius 1 is 0.634 bits per heavy atom. The largest absolute Gasteiger partial charge is 0.478 e. The summed E-state index contributed by atoms with van der Waals surface area (Å²) in [5.41, 5.74) is 2.44. The maximum Gasteiger partial charge on any atom is 0.331 e. The van der Waals surface area contributed by atoms with Crippen LogP contribution in [0, 0.1) is 46.8 Å². The van der Waals surface area contributed by atoms with Gasteiger partial charge in [0.1, 0.15) is 36.6 Å². The second-order valence-corrected chi connectivity index (χ2v) is 38.7. The topological polar surface area (TPSA) is 303 Å². The Balaban J connectivity index is 0.000000237. The average Bonchev–Trinajstić information content (AvgIpc) is 1.54. The standard InChI is InChI=1S/C59H82O19.C28H44N2O4/c1-24-10-32-13-34-33-12-30(6-8-36(24)65-32)64-38(27(33)4)15-41-51(72-47(63)14-31-7-9-37-52(66-31)56-55-54(68-37)53-45(71-55)22-59(34,77-53)78-56)28(5)50-42(67-41)17-40-44(70-50)20-58(73-40)21-46-49(76-58)26(3)19-57(75-46)18-25(2)48-43(74-57)16-39(69-48)35(62)11-29(61)23-60;1-18(2)22(16-19(3)26(33)34)30(10)25(32)21(27(4,5)6)17-23(31)24(29-9)28(7,8)20-14-12-11-13-15-20/h25-26,28-46,48-56,60-62H,1,4,6-23H2,2-3,5H3;11-16,18,21-22,24,29H,17H2,1-10H3,(H,33,34)/b;19-16+/t25?,26?,28?,29?,30?,31?,32-,33?,34?,35?,36?,37+,38?,39+,40?,41+,42-,43+,44?,45?,46+,48+,49+,50?,51?,52?,53+,54+,55?,56+,57-,58+,59-;21-,22-,24+/m11/s1. The highest BCUT2D eigenvalue weighted by Crippen LogP contribution is 2.61. The molecule has 17 fully saturated rings. The number of carbonyl (C=O) groups is 4. The number of aliphatic carboxylic acids is 1. The van der Waals surface area contributed by atoms with E-state index in [1.807, 2.05) is 78.8 Å². The zero-order valence-electron chi connectivity index (χ0n) is 67.9. The summed E-state index contributed by atoms with van der Waals surface area (Å²) in [5, 5.41) is 42.9. The van der Waals surface area contributed by atoms with Crippen LogP contribution in [0.2, 0.25) is 0 Å². The molecule has 36 atom stereocenters. The molecule has 0 aromatic heterocycles. The summed E-state index contributed by atoms with van der Waals surface area (Å²) in [6, 6.07) is 9.06. The lowest BCUT2D eigenvalue weighted by Gasteiger charge is -2.52. The van der Waals surface area contributed by atoms with Crippen LogP contribution < -0.4 is 5.32 Å². The first-order valence-electron chi connectivity index (χ1n) is 42.4. The van der Waals surface area contributed by atoms with E-state index in [9.17, 15) is 39.6 Å². The molecule has 17 heterocycles. The molecular formula is C87H126N2O23. The van der Waals surface area contributed by atoms with Gasteiger partial charge in [-0.05, 0) is 105 Å². The SMILES string of the molecule is C=C1C[C@@H]2CC3C4CC(CCC1O2)OC(C[C@@H]1O[C@@H]2CC5O[C@]6(CC5OC2C(C)C1OC(=O)CC1CC[C@@H]2O[C@@H]5C7OC8C[C@]3(O[C@H]7C2O1)O[C@@H]85)C[C@@H]1O[C@]2(CC(C)[C@@H]3O[C@H](C(O)CC(O)CO)C[C@@H]3O2)CC(C)[C@@H]1O6)C4=C.CN[C@@H](C(=O)C[C@H](C(=O)N(C)[C@H](/C=C(\C)C(=O)O)C(C)C)C(C)(C)C)C(C)(C)c1ccccc1. The minimum atomic E-state index is -1.02. The molecule has 25 heteroatoms. The Bertz CT molecular complexity index is 3680. The third-order valence-corrected chi connectivity index (χ3v) is 29.2. The normalized spacial score (nSPS) is 45.8. The number of ether oxygens (including phenoxy) is 15. The molecular weight excluding hydrogens is 1440 g/mol. The van der Waals surface area contributed by atoms with Gasteiger partial charge in [-0.3, -0.25) is 14.4 Å². The molecule has 25 nitrogen and oxygen atoms in total. The van der Waals surface area contributed by atoms with E-state index >= 15 is 0 Å². The quantitative estimate of drug-likeness (QED) is 0.0622. The van der Waals surface area contributed by atoms with Gasteiger partial charge >= 0.3 is 11.9 Å². The number of Topliss-reactive ketones (excluding diaryl/α,β-unsaturated/α-hetero) is 1. The highest BCUT2D eigenvalue weighted by molar-refractivity contribution is 5.91. The van der Waals surface area contributed by atoms with Crippen molar-refractivity contribution in [2.24, 2.45) is 46.8 Å². The lowest BCUT2D eigenvalue weighted by Crippen LogP contribution is -2.63. The molecule has 18 rings (SSSR count). The lowest BCUT2D eigenvalue weighted by atomic mass is 9.69. The fourth-order valence-corrected chi connectivity index (χ4v) is 23.5. The maximum absolute atomic E-state index is 14.5. The van der Waals surface area contributed by atoms with Crippen LogP contribution in [-0.4, -0.2) is 252 Å². The molecule has 17 saturated heterocycles. The minimum Gasteiger partial charge on any atom is -0.478 e. The van der Waals surface area contributed by atoms with Gasteiger partial charge in [0.15, 0.2) is 23.1 Å². The molecule has 3 spiro atoms. The summed E-state index contributed by atoms with van der Waals surface area (Å²) in [5.74, 6) is -5.02. The van der Waals surface area contributed by atoms with E-state index < -0.39 is 108 Å². The number of carboxylic acids is 1. The predicted octanol–water partition coefficient (Wildman–Crippen LogP) is 8.83. The number of nitrogens with zero attached hydrogens (tertiary/aromatic N) is 1. The van der Waals surface area contributed by atoms with Crippen molar-refractivity contribution in [3.63, 3.8) is 0 Å². The van der Waals surface area contributed by atoms with E-state index in [4.69, 9.17) is 77.6 Å². The lowest BCUT2D eigenvalue weighted by molar-refractivity contribution is -0.347. The number of nitrogens with one attached hydrogen (secondary N) is 1. The van der Waals surface area contributed by atoms with Crippen molar-refractivity contribution < 1.29 is 111 Å². The molecule has 0 aliphatic carbocycles. The molecule has 1 aromatic rings. The number of amides is 1. The van der Waals surface area contributed by atoms with Crippen LogP contribution in [0.25, 0.3) is 0 Å². The molecule has 112 heavy (non-hydrogen) atoms. The van der Waals surface area contributed by atoms with Gasteiger partial charge in [0, 0.05) is 100.0 Å². The Morgan fingerprint density at radius 3 is 2.02 bits per heavy atom. The third kappa shape index (κ3) is 15.2. The van der Waals surface area contributed by atoms with Gasteiger partial charge in [0.25, 0.3) is 0 Å². The Labute approximate surface area is 660 Å². The number of aliphatic hydroxyl groups is 3. The number of benzene rings is 1. The van der Waals surface area contributed by atoms with E-state index in [2.05, 4.69) is 32.7 Å². The van der Waals surface area contributed by atoms with Crippen LogP contribution in [0.15, 0.2) is 66.3 Å². The second kappa shape index (κ2) is 31.2. The number of esters is 1. The van der Waals surface area contributed by atoms with Crippen molar-refractivity contribution in [2.45, 2.75) is 379 Å². The number of rotatable bonds is 15. The summed E-state index contributed by atoms with van der Waals surface area (Å²) in [6.45, 7) is 30.9. The van der Waals surface area contributed by atoms with Crippen LogP contribution in [0.1, 0.15) is 197 Å². The molecule has 17 aliphatic heterocycles. The minimum absolute atomic E-state index is 0.0154. The third-order valence-electron chi connectivity index (χ3n) is 29.2. The fraction of sp³-hybridized carbons (Fsp3) is 0.816. The maximum atomic E-state index is 14.5. The number of hydrogen-bond donors (Lipinski definition) is 5. The Morgan fingerprint density at radius 2 is 1.29 bits per heavy atom. The summed E-state index contributed by atoms with van der Waals surface area (Å²) >= 11 is 0. The predicted molar refractivity (Wildman–Crippen MR) is 405 cm³/mol. The fourth-order valence-electron chi connectivity index (χ4n) is 23.5. The van der Waals surface area contributed by atoms with Crippen molar-refractivity contribution in [3.05, 3.63) is 71.8 Å². The van der Waals surface area contributed by atoms with Crippen molar-refractivity contribution in [2.75, 3.05) is 20.7 Å². The molecule has 18 unspecified atom stereocenters. The molecule has 1 aromatic carbocycles. The van der Waals surface area contributed by atoms with Gasteiger partial charge in [-0.2, -0.15) is 0 Å². The summed E-state index contributed by atoms with van der Waals surface area (Å²) < 4.78 is 105. The molecule has 5 N–H and O–H groups in total. The number of likely N-dealkylation sites (N-methyl/N-ethyl adjacent to an activating group) is 2. The van der Waals surface area contributed by atoms with Crippen LogP contribution >= 0.6 is 0 Å². The molecule has 1 amide bonds. The number of carboxylic acid groups (broad SMARTS) is 1. The zero-order chi connectivity index (χ0) is 79.3. The van der Waals surface area contributed by atoms with Gasteiger partial charge in [-0.15, -0.1) is 0 Å². The van der Waals surface area contributed by atoms with Crippen LogP contribution in [0.5, 0.6) is 0 Å². The number of fused-ring (bicyclic) bond motifs is 10. The molecule has 13 bridgehead atoms. The van der Waals surface area contributed by atoms with Gasteiger partial charge < -0.3 is 102 Å². The first kappa shape index (κ1) is 81.5. The van der Waals surface area contributed by atoms with Crippen molar-refractivity contribution in [3.8, 4) is 0 Å². The molecule has 0 radical (unpaired) electrons. The highest BCUT2D eigenvalue weighted by Gasteiger charge is 2.72. The van der Waals surface area contributed by atoms with Crippen LogP contribution in [0.3, 0.4) is 0 Å². The van der Waals surface area contributed by atoms with Crippen molar-refractivity contribution in [1.82, 2.24) is 10.2 Å². The molecule has 622 valence electrons. The van der Waals surface area contributed by atoms with E-state index in [0.29, 0.717) is 64.2 Å². The van der Waals surface area contributed by atoms with E-state index in [1.165, 1.54) is 6.92 Å². The van der Waals surface area contributed by atoms with Crippen LogP contribution in [0.4, 0.5) is 0 Å². The molecule has 0 saturated carbocycles. The van der Waals surface area contributed by atoms with E-state index in [-0.39, 0.29) is 182 Å². The van der Waals surface area contributed by atoms with Gasteiger partial charge in [0.05, 0.1) is 141 Å². The number of aliphatic hydroxyl groups excluding tert-OH is 3. The second-order valence-electron chi connectivity index (χ2n) is 38.7. The first-order valence-corrected chi connectivity index (χ1v) is 42.4. The van der Waals surface area contributed by atoms with Crippen LogP contribution in [-0.2, 0) is 95.6 Å². The summed E-state index contributed by atoms with van der Waals surface area (Å²) in [4.78, 5) is 54.9. The van der Waals surface area contributed by atoms with Gasteiger partial charge in [0.2, 0.25) is 5.91 Å². The Hall–Kier alpha value is -4.20. The van der Waals surface area contributed by atoms with E-state index in [0.717, 1.165) is 48.8 Å². The number of hydrogen-bond acceptors (Lipinski definition) is 23. The smallest absolute Gasteiger partial charge is 0.331 e. The van der Waals surface area contributed by atoms with Gasteiger partial charge in [-0.1, -0.05) is 119 Å². The Kier molecular flexibility index (Phi) is 22.7. The van der Waals surface area contributed by atoms with Crippen molar-refractivity contribution in [1.29, 1.82) is 0 Å². The number of carbonyl (C=O) groups excluding carboxylic acids is 3. The zero-order valence-corrected chi connectivity index (χ0v) is 67.9. The van der Waals surface area contributed by atoms with Gasteiger partial charge in [-0.25, -0.2) is 4.79 Å². The monoisotopic (exact) mass is 1570 g/mol. The summed E-state index contributed by atoms with van der Waals surface area (Å²) in [6.07, 6.45) is 2.53. The molecule has 17 aliphatic rings. The van der Waals surface area contributed by atoms with E-state index in [1.54, 1.807) is 25.1 Å². The number of ketones is 1.